The first kappa shape index (κ1) is 25.8. The van der Waals surface area contributed by atoms with E-state index in [4.69, 9.17) is 10.1 Å². The number of hydrogen-bond donors (Lipinski definition) is 2. The van der Waals surface area contributed by atoms with Crippen molar-refractivity contribution in [1.29, 1.82) is 0 Å². The minimum absolute atomic E-state index is 0.0243. The van der Waals surface area contributed by atoms with Gasteiger partial charge in [0.25, 0.3) is 5.91 Å². The maximum Gasteiger partial charge on any atom is 0.412 e. The van der Waals surface area contributed by atoms with Crippen molar-refractivity contribution in [2.45, 2.75) is 37.9 Å². The van der Waals surface area contributed by atoms with Crippen molar-refractivity contribution in [1.82, 2.24) is 15.3 Å². The van der Waals surface area contributed by atoms with Crippen LogP contribution in [0.15, 0.2) is 78.9 Å². The summed E-state index contributed by atoms with van der Waals surface area (Å²) in [6.45, 7) is 0. The van der Waals surface area contributed by atoms with Crippen LogP contribution in [0.5, 0.6) is 0 Å². The topological polar surface area (TPSA) is 92.2 Å². The van der Waals surface area contributed by atoms with Crippen molar-refractivity contribution >= 4 is 22.9 Å². The average Bonchev–Trinajstić information content (AvgIpc) is 2.89. The van der Waals surface area contributed by atoms with Crippen molar-refractivity contribution < 1.29 is 27.9 Å². The number of aryl methyl sites for hydroxylation is 1. The number of carbonyl (C=O) groups is 2. The monoisotopic (exact) mass is 507 g/mol. The summed E-state index contributed by atoms with van der Waals surface area (Å²) in [7, 11) is 0. The number of carbonyl (C=O) groups excluding carboxylic acids is 1. The molecule has 1 heterocycles. The molecule has 0 spiro atoms. The van der Waals surface area contributed by atoms with E-state index in [0.29, 0.717) is 41.7 Å². The Labute approximate surface area is 211 Å². The van der Waals surface area contributed by atoms with Gasteiger partial charge in [-0.2, -0.15) is 13.2 Å². The number of alkyl halides is 3. The van der Waals surface area contributed by atoms with Crippen LogP contribution in [0, 0.1) is 0 Å². The Bertz CT molecular complexity index is 1390. The number of hydrogen-bond acceptors (Lipinski definition) is 4. The molecule has 0 aliphatic rings. The van der Waals surface area contributed by atoms with E-state index in [1.165, 1.54) is 36.4 Å². The second-order valence-corrected chi connectivity index (χ2v) is 8.55. The molecule has 0 saturated heterocycles. The summed E-state index contributed by atoms with van der Waals surface area (Å²) in [5, 5.41) is 11.0. The van der Waals surface area contributed by atoms with Gasteiger partial charge in [-0.3, -0.25) is 9.59 Å². The molecular formula is C28H24F3N3O3. The van der Waals surface area contributed by atoms with Crippen LogP contribution in [0.25, 0.3) is 22.3 Å². The fourth-order valence-corrected chi connectivity index (χ4v) is 4.02. The van der Waals surface area contributed by atoms with Crippen LogP contribution in [-0.2, 0) is 11.2 Å². The molecule has 190 valence electrons. The van der Waals surface area contributed by atoms with Crippen LogP contribution in [0.4, 0.5) is 13.2 Å². The summed E-state index contributed by atoms with van der Waals surface area (Å²) in [5.41, 5.74) is 2.91. The minimum atomic E-state index is -4.68. The second kappa shape index (κ2) is 11.2. The number of nitrogens with one attached hydrogen (secondary N) is 1. The molecule has 0 saturated carbocycles. The fraction of sp³-hybridized carbons (Fsp3) is 0.214. The molecule has 4 aromatic rings. The molecule has 37 heavy (non-hydrogen) atoms. The number of fused-ring (bicyclic) bond motifs is 1. The van der Waals surface area contributed by atoms with Gasteiger partial charge in [0, 0.05) is 17.5 Å². The largest absolute Gasteiger partial charge is 0.481 e. The van der Waals surface area contributed by atoms with E-state index in [2.05, 4.69) is 10.3 Å². The molecule has 0 aliphatic carbocycles. The molecule has 0 radical (unpaired) electrons. The second-order valence-electron chi connectivity index (χ2n) is 8.55. The maximum absolute atomic E-state index is 13.7. The number of nitrogens with zero attached hydrogens (tertiary/aromatic N) is 2. The van der Waals surface area contributed by atoms with Crippen LogP contribution in [0.2, 0.25) is 0 Å². The third kappa shape index (κ3) is 6.49. The molecule has 0 fully saturated rings. The molecule has 2 N–H and O–H groups in total. The molecule has 4 rings (SSSR count). The highest BCUT2D eigenvalue weighted by atomic mass is 19.4. The van der Waals surface area contributed by atoms with E-state index in [-0.39, 0.29) is 17.5 Å². The Hall–Kier alpha value is -4.27. The third-order valence-corrected chi connectivity index (χ3v) is 5.84. The van der Waals surface area contributed by atoms with Gasteiger partial charge < -0.3 is 10.4 Å². The van der Waals surface area contributed by atoms with E-state index in [1.807, 2.05) is 30.3 Å². The number of rotatable bonds is 9. The summed E-state index contributed by atoms with van der Waals surface area (Å²) in [6, 6.07) is 18.8. The van der Waals surface area contributed by atoms with Crippen LogP contribution in [0.1, 0.15) is 46.9 Å². The summed E-state index contributed by atoms with van der Waals surface area (Å²) in [5.74, 6) is -1.76. The van der Waals surface area contributed by atoms with Crippen molar-refractivity contribution in [3.63, 3.8) is 0 Å². The normalized spacial score (nSPS) is 12.3. The molecule has 0 unspecified atom stereocenters. The van der Waals surface area contributed by atoms with Gasteiger partial charge in [0.1, 0.15) is 0 Å². The first-order valence-corrected chi connectivity index (χ1v) is 11.7. The van der Waals surface area contributed by atoms with Gasteiger partial charge in [0.05, 0.1) is 22.4 Å². The number of benzene rings is 3. The Morgan fingerprint density at radius 3 is 2.19 bits per heavy atom. The van der Waals surface area contributed by atoms with Crippen molar-refractivity contribution in [3.05, 3.63) is 95.7 Å². The molecule has 9 heteroatoms. The number of amides is 1. The summed E-state index contributed by atoms with van der Waals surface area (Å²) < 4.78 is 41.2. The lowest BCUT2D eigenvalue weighted by molar-refractivity contribution is -0.155. The molecule has 1 aromatic heterocycles. The first-order chi connectivity index (χ1) is 17.7. The summed E-state index contributed by atoms with van der Waals surface area (Å²) in [6.07, 6.45) is -3.16. The highest BCUT2D eigenvalue weighted by Crippen LogP contribution is 2.33. The lowest BCUT2D eigenvalue weighted by Crippen LogP contribution is -2.38. The van der Waals surface area contributed by atoms with Crippen molar-refractivity contribution in [2.24, 2.45) is 0 Å². The summed E-state index contributed by atoms with van der Waals surface area (Å²) in [4.78, 5) is 33.1. The first-order valence-electron chi connectivity index (χ1n) is 11.7. The predicted octanol–water partition coefficient (Wildman–Crippen LogP) is 6.13. The van der Waals surface area contributed by atoms with Crippen LogP contribution in [0.3, 0.4) is 0 Å². The third-order valence-electron chi connectivity index (χ3n) is 5.84. The highest BCUT2D eigenvalue weighted by molar-refractivity contribution is 5.97. The van der Waals surface area contributed by atoms with E-state index in [1.54, 1.807) is 12.1 Å². The van der Waals surface area contributed by atoms with E-state index in [0.717, 1.165) is 5.56 Å². The highest BCUT2D eigenvalue weighted by Gasteiger charge is 2.42. The van der Waals surface area contributed by atoms with Gasteiger partial charge in [0.15, 0.2) is 6.04 Å². The van der Waals surface area contributed by atoms with E-state index in [9.17, 15) is 22.8 Å². The number of unbranched alkanes of at least 4 members (excludes halogenated alkanes) is 1. The van der Waals surface area contributed by atoms with Gasteiger partial charge in [-0.25, -0.2) is 9.97 Å². The van der Waals surface area contributed by atoms with Gasteiger partial charge in [-0.15, -0.1) is 0 Å². The van der Waals surface area contributed by atoms with Gasteiger partial charge in [-0.1, -0.05) is 60.7 Å². The number of aliphatic carboxylic acids is 1. The molecule has 1 amide bonds. The van der Waals surface area contributed by atoms with Crippen molar-refractivity contribution in [2.75, 3.05) is 0 Å². The smallest absolute Gasteiger partial charge is 0.412 e. The number of carboxylic acids is 1. The zero-order valence-corrected chi connectivity index (χ0v) is 19.7. The minimum Gasteiger partial charge on any atom is -0.481 e. The Morgan fingerprint density at radius 2 is 1.54 bits per heavy atom. The van der Waals surface area contributed by atoms with Gasteiger partial charge in [-0.05, 0) is 43.0 Å². The molecule has 3 aromatic carbocycles. The zero-order chi connectivity index (χ0) is 26.4. The molecule has 0 aliphatic heterocycles. The number of carboxylic acid groups (broad SMARTS) is 1. The fourth-order valence-electron chi connectivity index (χ4n) is 4.02. The lowest BCUT2D eigenvalue weighted by atomic mass is 10.0. The van der Waals surface area contributed by atoms with Gasteiger partial charge in [0.2, 0.25) is 0 Å². The Kier molecular flexibility index (Phi) is 7.81. The van der Waals surface area contributed by atoms with E-state index < -0.39 is 24.1 Å². The predicted molar refractivity (Wildman–Crippen MR) is 133 cm³/mol. The molecule has 6 nitrogen and oxygen atoms in total. The standard InChI is InChI=1S/C28H24F3N3O3/c29-28(30,31)26(19-11-5-2-6-12-19)34-27(37)20-15-16-21-23(17-20)32-22(13-7-8-14-24(35)36)25(33-21)18-9-3-1-4-10-18/h1-6,9-12,15-17,26H,7-8,13-14H2,(H,34,37)(H,35,36)/t26-/m1/s1. The SMILES string of the molecule is O=C(O)CCCCc1nc2cc(C(=O)N[C@H](c3ccccc3)C(F)(F)F)ccc2nc1-c1ccccc1. The Morgan fingerprint density at radius 1 is 0.865 bits per heavy atom. The molecule has 0 bridgehead atoms. The van der Waals surface area contributed by atoms with Crippen LogP contribution >= 0.6 is 0 Å². The zero-order valence-electron chi connectivity index (χ0n) is 19.7. The number of halogens is 3. The lowest BCUT2D eigenvalue weighted by Gasteiger charge is -2.22. The van der Waals surface area contributed by atoms with Crippen molar-refractivity contribution in [3.8, 4) is 11.3 Å². The molecular weight excluding hydrogens is 483 g/mol. The molecule has 1 atom stereocenters. The number of aromatic nitrogens is 2. The maximum atomic E-state index is 13.7. The Balaban J connectivity index is 1.66. The van der Waals surface area contributed by atoms with Crippen LogP contribution in [-0.4, -0.2) is 33.1 Å². The summed E-state index contributed by atoms with van der Waals surface area (Å²) >= 11 is 0. The van der Waals surface area contributed by atoms with E-state index >= 15 is 0 Å². The quantitative estimate of drug-likeness (QED) is 0.266. The average molecular weight is 508 g/mol. The van der Waals surface area contributed by atoms with Gasteiger partial charge >= 0.3 is 12.1 Å². The van der Waals surface area contributed by atoms with Crippen LogP contribution < -0.4 is 5.32 Å².